The SMILES string of the molecule is Cc1cc(C)n(-c2cc(N3CCCC(C(=O)N4CCCC5CCCCC54)C3)ncn2)n1. The first kappa shape index (κ1) is 20.5. The fourth-order valence-corrected chi connectivity index (χ4v) is 6.01. The Morgan fingerprint density at radius 2 is 1.71 bits per heavy atom. The van der Waals surface area contributed by atoms with E-state index in [0.717, 1.165) is 61.4 Å². The molecule has 3 aliphatic rings. The number of fused-ring (bicyclic) bond motifs is 1. The molecule has 0 aromatic carbocycles. The smallest absolute Gasteiger partial charge is 0.227 e. The molecular weight excluding hydrogens is 388 g/mol. The number of rotatable bonds is 3. The lowest BCUT2D eigenvalue weighted by Gasteiger charge is -2.46. The quantitative estimate of drug-likeness (QED) is 0.755. The average molecular weight is 423 g/mol. The van der Waals surface area contributed by atoms with Crippen molar-refractivity contribution in [3.8, 4) is 5.82 Å². The summed E-state index contributed by atoms with van der Waals surface area (Å²) in [4.78, 5) is 27.1. The second-order valence-electron chi connectivity index (χ2n) is 9.64. The van der Waals surface area contributed by atoms with Crippen LogP contribution in [0.15, 0.2) is 18.5 Å². The largest absolute Gasteiger partial charge is 0.356 e. The first-order valence-corrected chi connectivity index (χ1v) is 12.0. The van der Waals surface area contributed by atoms with Gasteiger partial charge in [0.1, 0.15) is 12.1 Å². The van der Waals surface area contributed by atoms with Gasteiger partial charge in [0, 0.05) is 37.4 Å². The lowest BCUT2D eigenvalue weighted by molar-refractivity contribution is -0.142. The standard InChI is InChI=1S/C24H34N6O/c1-17-13-18(2)30(27-17)23-14-22(25-16-26-23)28-11-5-9-20(15-28)24(31)29-12-6-8-19-7-3-4-10-21(19)29/h13-14,16,19-21H,3-12,15H2,1-2H3. The molecule has 1 saturated carbocycles. The van der Waals surface area contributed by atoms with E-state index in [4.69, 9.17) is 0 Å². The number of nitrogens with zero attached hydrogens (tertiary/aromatic N) is 6. The van der Waals surface area contributed by atoms with Crippen molar-refractivity contribution in [2.24, 2.45) is 11.8 Å². The zero-order valence-corrected chi connectivity index (χ0v) is 18.8. The van der Waals surface area contributed by atoms with Crippen molar-refractivity contribution in [3.63, 3.8) is 0 Å². The van der Waals surface area contributed by atoms with Gasteiger partial charge in [-0.15, -0.1) is 0 Å². The van der Waals surface area contributed by atoms with Gasteiger partial charge < -0.3 is 9.80 Å². The Hall–Kier alpha value is -2.44. The Balaban J connectivity index is 1.32. The Kier molecular flexibility index (Phi) is 5.67. The summed E-state index contributed by atoms with van der Waals surface area (Å²) in [6, 6.07) is 4.54. The number of piperidine rings is 2. The molecule has 3 atom stereocenters. The molecule has 1 aliphatic carbocycles. The summed E-state index contributed by atoms with van der Waals surface area (Å²) in [5.41, 5.74) is 2.03. The number of aromatic nitrogens is 4. The summed E-state index contributed by atoms with van der Waals surface area (Å²) in [7, 11) is 0. The molecule has 7 heteroatoms. The summed E-state index contributed by atoms with van der Waals surface area (Å²) < 4.78 is 1.87. The van der Waals surface area contributed by atoms with E-state index in [2.05, 4.69) is 30.9 Å². The lowest BCUT2D eigenvalue weighted by atomic mass is 9.77. The molecule has 0 radical (unpaired) electrons. The normalized spacial score (nSPS) is 26.6. The highest BCUT2D eigenvalue weighted by atomic mass is 16.2. The molecular formula is C24H34N6O. The van der Waals surface area contributed by atoms with Gasteiger partial charge in [0.05, 0.1) is 11.6 Å². The van der Waals surface area contributed by atoms with Crippen molar-refractivity contribution in [2.45, 2.75) is 71.3 Å². The van der Waals surface area contributed by atoms with Crippen LogP contribution in [0.25, 0.3) is 5.82 Å². The second-order valence-corrected chi connectivity index (χ2v) is 9.64. The molecule has 31 heavy (non-hydrogen) atoms. The number of aryl methyl sites for hydroxylation is 2. The molecule has 0 N–H and O–H groups in total. The van der Waals surface area contributed by atoms with E-state index < -0.39 is 0 Å². The van der Waals surface area contributed by atoms with E-state index in [-0.39, 0.29) is 5.92 Å². The molecule has 3 unspecified atom stereocenters. The summed E-state index contributed by atoms with van der Waals surface area (Å²) in [5, 5.41) is 4.56. The maximum Gasteiger partial charge on any atom is 0.227 e. The number of hydrogen-bond donors (Lipinski definition) is 0. The first-order chi connectivity index (χ1) is 15.1. The zero-order chi connectivity index (χ0) is 21.4. The number of carbonyl (C=O) groups excluding carboxylic acids is 1. The summed E-state index contributed by atoms with van der Waals surface area (Å²) in [6.45, 7) is 6.66. The van der Waals surface area contributed by atoms with Crippen LogP contribution in [0.1, 0.15) is 62.8 Å². The molecule has 0 spiro atoms. The van der Waals surface area contributed by atoms with E-state index in [0.29, 0.717) is 11.9 Å². The fraction of sp³-hybridized carbons (Fsp3) is 0.667. The van der Waals surface area contributed by atoms with Crippen molar-refractivity contribution in [2.75, 3.05) is 24.5 Å². The van der Waals surface area contributed by atoms with Gasteiger partial charge in [0.2, 0.25) is 5.91 Å². The molecule has 2 aliphatic heterocycles. The maximum atomic E-state index is 13.6. The predicted molar refractivity (Wildman–Crippen MR) is 120 cm³/mol. The van der Waals surface area contributed by atoms with Crippen LogP contribution in [0.4, 0.5) is 5.82 Å². The second kappa shape index (κ2) is 8.60. The molecule has 0 bridgehead atoms. The number of carbonyl (C=O) groups is 1. The summed E-state index contributed by atoms with van der Waals surface area (Å²) in [6.07, 6.45) is 11.2. The van der Waals surface area contributed by atoms with Gasteiger partial charge in [0.15, 0.2) is 5.82 Å². The van der Waals surface area contributed by atoms with Gasteiger partial charge >= 0.3 is 0 Å². The van der Waals surface area contributed by atoms with Crippen molar-refractivity contribution >= 4 is 11.7 Å². The van der Waals surface area contributed by atoms with Crippen molar-refractivity contribution in [3.05, 3.63) is 29.8 Å². The highest BCUT2D eigenvalue weighted by Gasteiger charge is 2.39. The molecule has 2 saturated heterocycles. The third-order valence-electron chi connectivity index (χ3n) is 7.49. The van der Waals surface area contributed by atoms with Crippen molar-refractivity contribution in [1.29, 1.82) is 0 Å². The van der Waals surface area contributed by atoms with E-state index in [1.165, 1.54) is 38.5 Å². The average Bonchev–Trinajstić information content (AvgIpc) is 3.16. The van der Waals surface area contributed by atoms with Gasteiger partial charge in [-0.3, -0.25) is 4.79 Å². The van der Waals surface area contributed by atoms with Crippen LogP contribution in [0, 0.1) is 25.7 Å². The minimum atomic E-state index is 0.0709. The van der Waals surface area contributed by atoms with E-state index in [9.17, 15) is 4.79 Å². The topological polar surface area (TPSA) is 67.2 Å². The van der Waals surface area contributed by atoms with Gasteiger partial charge in [-0.05, 0) is 64.4 Å². The van der Waals surface area contributed by atoms with Crippen molar-refractivity contribution in [1.82, 2.24) is 24.6 Å². The van der Waals surface area contributed by atoms with Gasteiger partial charge in [-0.25, -0.2) is 14.6 Å². The van der Waals surface area contributed by atoms with Gasteiger partial charge in [-0.2, -0.15) is 5.10 Å². The molecule has 2 aromatic heterocycles. The number of likely N-dealkylation sites (tertiary alicyclic amines) is 1. The molecule has 5 rings (SSSR count). The highest BCUT2D eigenvalue weighted by molar-refractivity contribution is 5.80. The zero-order valence-electron chi connectivity index (χ0n) is 18.8. The van der Waals surface area contributed by atoms with Crippen LogP contribution < -0.4 is 4.90 Å². The maximum absolute atomic E-state index is 13.6. The first-order valence-electron chi connectivity index (χ1n) is 12.0. The third kappa shape index (κ3) is 4.06. The molecule has 4 heterocycles. The van der Waals surface area contributed by atoms with E-state index >= 15 is 0 Å². The fourth-order valence-electron chi connectivity index (χ4n) is 6.01. The molecule has 3 fully saturated rings. The molecule has 7 nitrogen and oxygen atoms in total. The van der Waals surface area contributed by atoms with Gasteiger partial charge in [0.25, 0.3) is 0 Å². The van der Waals surface area contributed by atoms with E-state index in [1.807, 2.05) is 24.6 Å². The minimum Gasteiger partial charge on any atom is -0.356 e. The van der Waals surface area contributed by atoms with Crippen LogP contribution in [0.3, 0.4) is 0 Å². The highest BCUT2D eigenvalue weighted by Crippen LogP contribution is 2.36. The third-order valence-corrected chi connectivity index (χ3v) is 7.49. The summed E-state index contributed by atoms with van der Waals surface area (Å²) in [5.74, 6) is 2.86. The predicted octanol–water partition coefficient (Wildman–Crippen LogP) is 3.68. The molecule has 2 aromatic rings. The number of anilines is 1. The minimum absolute atomic E-state index is 0.0709. The lowest BCUT2D eigenvalue weighted by Crippen LogP contribution is -2.53. The molecule has 1 amide bonds. The van der Waals surface area contributed by atoms with Crippen LogP contribution >= 0.6 is 0 Å². The molecule has 166 valence electrons. The Morgan fingerprint density at radius 3 is 2.55 bits per heavy atom. The Labute approximate surface area is 184 Å². The Bertz CT molecular complexity index is 938. The van der Waals surface area contributed by atoms with E-state index in [1.54, 1.807) is 6.33 Å². The van der Waals surface area contributed by atoms with Crippen LogP contribution in [-0.2, 0) is 4.79 Å². The number of amides is 1. The van der Waals surface area contributed by atoms with Gasteiger partial charge in [-0.1, -0.05) is 12.8 Å². The summed E-state index contributed by atoms with van der Waals surface area (Å²) >= 11 is 0. The van der Waals surface area contributed by atoms with Crippen molar-refractivity contribution < 1.29 is 4.79 Å². The number of hydrogen-bond acceptors (Lipinski definition) is 5. The Morgan fingerprint density at radius 1 is 0.935 bits per heavy atom. The monoisotopic (exact) mass is 422 g/mol. The van der Waals surface area contributed by atoms with Crippen LogP contribution in [0.5, 0.6) is 0 Å². The van der Waals surface area contributed by atoms with Crippen LogP contribution in [0.2, 0.25) is 0 Å². The van der Waals surface area contributed by atoms with Crippen LogP contribution in [-0.4, -0.2) is 56.2 Å².